The van der Waals surface area contributed by atoms with Crippen molar-refractivity contribution in [2.45, 2.75) is 20.0 Å². The molecule has 0 unspecified atom stereocenters. The summed E-state index contributed by atoms with van der Waals surface area (Å²) in [5.74, 6) is -0.651. The van der Waals surface area contributed by atoms with Crippen LogP contribution in [0.4, 0.5) is 0 Å². The average Bonchev–Trinajstić information content (AvgIpc) is 2.68. The number of aromatic hydroxyl groups is 1. The molecular formula is C15H15NO4S2. The standard InChI is InChI=1S/C15H15NO4S2/c1-9(2)20-13(18)8-16-14(19)12(22-15(16)21)7-10-3-5-11(17)6-4-10/h3-7,9,17H,8H2,1-2H3. The van der Waals surface area contributed by atoms with Crippen molar-refractivity contribution in [2.24, 2.45) is 0 Å². The Morgan fingerprint density at radius 2 is 2.05 bits per heavy atom. The number of thiocarbonyl (C=S) groups is 1. The summed E-state index contributed by atoms with van der Waals surface area (Å²) < 4.78 is 5.36. The largest absolute Gasteiger partial charge is 0.508 e. The Labute approximate surface area is 137 Å². The highest BCUT2D eigenvalue weighted by Crippen LogP contribution is 2.32. The Morgan fingerprint density at radius 1 is 1.41 bits per heavy atom. The molecule has 1 heterocycles. The number of phenolic OH excluding ortho intramolecular Hbond substituents is 1. The van der Waals surface area contributed by atoms with Gasteiger partial charge in [0.05, 0.1) is 11.0 Å². The first-order chi connectivity index (χ1) is 10.4. The van der Waals surface area contributed by atoms with Crippen molar-refractivity contribution >= 4 is 46.3 Å². The lowest BCUT2D eigenvalue weighted by Gasteiger charge is -2.14. The van der Waals surface area contributed by atoms with Gasteiger partial charge in [-0.15, -0.1) is 0 Å². The van der Waals surface area contributed by atoms with E-state index < -0.39 is 5.97 Å². The van der Waals surface area contributed by atoms with E-state index in [0.29, 0.717) is 9.23 Å². The van der Waals surface area contributed by atoms with E-state index in [1.807, 2.05) is 0 Å². The lowest BCUT2D eigenvalue weighted by Crippen LogP contribution is -2.35. The molecule has 2 rings (SSSR count). The molecule has 1 aromatic carbocycles. The summed E-state index contributed by atoms with van der Waals surface area (Å²) in [6.45, 7) is 3.30. The molecule has 1 amide bonds. The van der Waals surface area contributed by atoms with Gasteiger partial charge in [0.2, 0.25) is 0 Å². The monoisotopic (exact) mass is 337 g/mol. The van der Waals surface area contributed by atoms with Crippen LogP contribution in [0.3, 0.4) is 0 Å². The number of hydrogen-bond donors (Lipinski definition) is 1. The van der Waals surface area contributed by atoms with Crippen LogP contribution in [0.2, 0.25) is 0 Å². The second kappa shape index (κ2) is 6.93. The molecule has 7 heteroatoms. The summed E-state index contributed by atoms with van der Waals surface area (Å²) in [6.07, 6.45) is 1.44. The number of amides is 1. The fourth-order valence-corrected chi connectivity index (χ4v) is 3.04. The number of benzene rings is 1. The van der Waals surface area contributed by atoms with Crippen LogP contribution in [0.25, 0.3) is 6.08 Å². The van der Waals surface area contributed by atoms with E-state index in [2.05, 4.69) is 0 Å². The molecule has 5 nitrogen and oxygen atoms in total. The number of ether oxygens (including phenoxy) is 1. The van der Waals surface area contributed by atoms with Crippen molar-refractivity contribution in [3.63, 3.8) is 0 Å². The Kier molecular flexibility index (Phi) is 5.20. The van der Waals surface area contributed by atoms with E-state index in [-0.39, 0.29) is 24.3 Å². The van der Waals surface area contributed by atoms with Gasteiger partial charge in [0.25, 0.3) is 5.91 Å². The average molecular weight is 337 g/mol. The Morgan fingerprint density at radius 3 is 2.64 bits per heavy atom. The van der Waals surface area contributed by atoms with Gasteiger partial charge in [0, 0.05) is 0 Å². The number of rotatable bonds is 4. The highest BCUT2D eigenvalue weighted by Gasteiger charge is 2.33. The van der Waals surface area contributed by atoms with Gasteiger partial charge in [-0.25, -0.2) is 0 Å². The van der Waals surface area contributed by atoms with Crippen LogP contribution >= 0.6 is 24.0 Å². The molecule has 1 aliphatic rings. The van der Waals surface area contributed by atoms with E-state index in [9.17, 15) is 14.7 Å². The number of phenols is 1. The van der Waals surface area contributed by atoms with E-state index in [1.165, 1.54) is 17.0 Å². The quantitative estimate of drug-likeness (QED) is 0.517. The molecule has 1 aromatic rings. The van der Waals surface area contributed by atoms with Gasteiger partial charge in [0.15, 0.2) is 0 Å². The van der Waals surface area contributed by atoms with Crippen LogP contribution < -0.4 is 0 Å². The first kappa shape index (κ1) is 16.5. The van der Waals surface area contributed by atoms with Crippen LogP contribution in [0.1, 0.15) is 19.4 Å². The lowest BCUT2D eigenvalue weighted by molar-refractivity contribution is -0.149. The molecule has 1 N–H and O–H groups in total. The minimum absolute atomic E-state index is 0.154. The zero-order chi connectivity index (χ0) is 16.3. The van der Waals surface area contributed by atoms with Crippen molar-refractivity contribution < 1.29 is 19.4 Å². The molecule has 0 spiro atoms. The van der Waals surface area contributed by atoms with Crippen LogP contribution in [-0.2, 0) is 14.3 Å². The van der Waals surface area contributed by atoms with Gasteiger partial charge in [-0.05, 0) is 37.6 Å². The number of hydrogen-bond acceptors (Lipinski definition) is 6. The van der Waals surface area contributed by atoms with Crippen molar-refractivity contribution in [1.82, 2.24) is 4.90 Å². The topological polar surface area (TPSA) is 66.8 Å². The number of carbonyl (C=O) groups excluding carboxylic acids is 2. The predicted octanol–water partition coefficient (Wildman–Crippen LogP) is 2.55. The zero-order valence-corrected chi connectivity index (χ0v) is 13.7. The molecule has 0 aromatic heterocycles. The third-order valence-corrected chi connectivity index (χ3v) is 4.10. The molecule has 0 atom stereocenters. The highest BCUT2D eigenvalue weighted by atomic mass is 32.2. The van der Waals surface area contributed by atoms with Gasteiger partial charge in [-0.2, -0.15) is 0 Å². The summed E-state index contributed by atoms with van der Waals surface area (Å²) in [4.78, 5) is 25.6. The molecular weight excluding hydrogens is 322 g/mol. The number of thioether (sulfide) groups is 1. The second-order valence-electron chi connectivity index (χ2n) is 4.90. The summed E-state index contributed by atoms with van der Waals surface area (Å²) in [5, 5.41) is 9.25. The first-order valence-corrected chi connectivity index (χ1v) is 7.83. The summed E-state index contributed by atoms with van der Waals surface area (Å²) >= 11 is 6.28. The molecule has 1 aliphatic heterocycles. The fourth-order valence-electron chi connectivity index (χ4n) is 1.79. The predicted molar refractivity (Wildman–Crippen MR) is 89.2 cm³/mol. The molecule has 0 bridgehead atoms. The van der Waals surface area contributed by atoms with E-state index >= 15 is 0 Å². The minimum atomic E-state index is -0.489. The lowest BCUT2D eigenvalue weighted by atomic mass is 10.2. The second-order valence-corrected chi connectivity index (χ2v) is 6.57. The molecule has 0 aliphatic carbocycles. The maximum Gasteiger partial charge on any atom is 0.326 e. The molecule has 0 saturated carbocycles. The molecule has 0 radical (unpaired) electrons. The van der Waals surface area contributed by atoms with Crippen LogP contribution in [0.5, 0.6) is 5.75 Å². The third-order valence-electron chi connectivity index (χ3n) is 2.72. The Bertz CT molecular complexity index is 637. The number of carbonyl (C=O) groups is 2. The normalized spacial score (nSPS) is 16.7. The molecule has 116 valence electrons. The first-order valence-electron chi connectivity index (χ1n) is 6.60. The van der Waals surface area contributed by atoms with Crippen LogP contribution in [-0.4, -0.2) is 38.9 Å². The van der Waals surface area contributed by atoms with Crippen molar-refractivity contribution in [1.29, 1.82) is 0 Å². The van der Waals surface area contributed by atoms with Crippen molar-refractivity contribution in [3.8, 4) is 5.75 Å². The molecule has 1 saturated heterocycles. The van der Waals surface area contributed by atoms with Gasteiger partial charge >= 0.3 is 5.97 Å². The number of nitrogens with zero attached hydrogens (tertiary/aromatic N) is 1. The minimum Gasteiger partial charge on any atom is -0.508 e. The van der Waals surface area contributed by atoms with Gasteiger partial charge < -0.3 is 9.84 Å². The van der Waals surface area contributed by atoms with E-state index in [4.69, 9.17) is 17.0 Å². The maximum atomic E-state index is 12.3. The van der Waals surface area contributed by atoms with Gasteiger partial charge in [-0.1, -0.05) is 36.1 Å². The van der Waals surface area contributed by atoms with Gasteiger partial charge in [-0.3, -0.25) is 14.5 Å². The SMILES string of the molecule is CC(C)OC(=O)CN1C(=O)C(=Cc2ccc(O)cc2)SC1=S. The highest BCUT2D eigenvalue weighted by molar-refractivity contribution is 8.26. The zero-order valence-electron chi connectivity index (χ0n) is 12.1. The van der Waals surface area contributed by atoms with E-state index in [1.54, 1.807) is 32.1 Å². The van der Waals surface area contributed by atoms with Crippen LogP contribution in [0.15, 0.2) is 29.2 Å². The Hall–Kier alpha value is -1.86. The van der Waals surface area contributed by atoms with Gasteiger partial charge in [0.1, 0.15) is 16.6 Å². The number of esters is 1. The molecule has 1 fully saturated rings. The van der Waals surface area contributed by atoms with Crippen molar-refractivity contribution in [3.05, 3.63) is 34.7 Å². The molecule has 22 heavy (non-hydrogen) atoms. The summed E-state index contributed by atoms with van der Waals surface area (Å²) in [5.41, 5.74) is 0.767. The summed E-state index contributed by atoms with van der Waals surface area (Å²) in [6, 6.07) is 6.45. The maximum absolute atomic E-state index is 12.3. The van der Waals surface area contributed by atoms with E-state index in [0.717, 1.165) is 17.3 Å². The Balaban J connectivity index is 2.11. The van der Waals surface area contributed by atoms with Crippen LogP contribution in [0, 0.1) is 0 Å². The summed E-state index contributed by atoms with van der Waals surface area (Å²) in [7, 11) is 0. The third kappa shape index (κ3) is 4.08. The smallest absolute Gasteiger partial charge is 0.326 e. The van der Waals surface area contributed by atoms with Crippen molar-refractivity contribution in [2.75, 3.05) is 6.54 Å². The fraction of sp³-hybridized carbons (Fsp3) is 0.267.